The lowest BCUT2D eigenvalue weighted by Crippen LogP contribution is -2.36. The summed E-state index contributed by atoms with van der Waals surface area (Å²) in [4.78, 5) is 34.3. The highest BCUT2D eigenvalue weighted by molar-refractivity contribution is 7.49. The van der Waals surface area contributed by atoms with Gasteiger partial charge in [0.2, 0.25) is 11.9 Å². The van der Waals surface area contributed by atoms with Gasteiger partial charge in [0.25, 0.3) is 5.56 Å². The molecule has 2 N–H and O–H groups in total. The zero-order chi connectivity index (χ0) is 23.7. The van der Waals surface area contributed by atoms with Crippen molar-refractivity contribution in [3.05, 3.63) is 16.7 Å². The number of rotatable bonds is 7. The first-order valence-corrected chi connectivity index (χ1v) is 11.7. The number of carbonyl (C=O) groups is 1. The molecule has 172 valence electrons. The molecule has 0 bridgehead atoms. The van der Waals surface area contributed by atoms with Crippen molar-refractivity contribution in [2.45, 2.75) is 78.2 Å². The average Bonchev–Trinajstić information content (AvgIpc) is 3.22. The average molecular weight is 457 g/mol. The van der Waals surface area contributed by atoms with E-state index < -0.39 is 44.4 Å². The highest BCUT2D eigenvalue weighted by Crippen LogP contribution is 2.47. The van der Waals surface area contributed by atoms with E-state index in [0.29, 0.717) is 0 Å². The Balaban J connectivity index is 1.91. The Morgan fingerprint density at radius 1 is 1.45 bits per heavy atom. The molecule has 0 radical (unpaired) electrons. The molecule has 10 nitrogen and oxygen atoms in total. The van der Waals surface area contributed by atoms with Crippen LogP contribution in [0.2, 0.25) is 0 Å². The number of imidazole rings is 1. The van der Waals surface area contributed by atoms with Crippen LogP contribution in [0, 0.1) is 0 Å². The van der Waals surface area contributed by atoms with Gasteiger partial charge < -0.3 is 9.26 Å². The van der Waals surface area contributed by atoms with Gasteiger partial charge in [-0.15, -0.1) is 0 Å². The fourth-order valence-electron chi connectivity index (χ4n) is 3.86. The van der Waals surface area contributed by atoms with Gasteiger partial charge in [0.1, 0.15) is 14.4 Å². The van der Waals surface area contributed by atoms with Crippen molar-refractivity contribution >= 4 is 31.3 Å². The van der Waals surface area contributed by atoms with Gasteiger partial charge in [-0.2, -0.15) is 4.98 Å². The highest BCUT2D eigenvalue weighted by Gasteiger charge is 2.47. The van der Waals surface area contributed by atoms with Crippen molar-refractivity contribution in [2.24, 2.45) is 0 Å². The zero-order valence-electron chi connectivity index (χ0n) is 19.5. The Labute approximate surface area is 182 Å². The second-order valence-corrected chi connectivity index (χ2v) is 9.63. The second-order valence-electron chi connectivity index (χ2n) is 8.03. The molecule has 0 saturated carbocycles. The summed E-state index contributed by atoms with van der Waals surface area (Å²) in [5.41, 5.74) is -0.512. The van der Waals surface area contributed by atoms with E-state index in [1.165, 1.54) is 17.8 Å². The number of alkyl halides is 1. The zero-order valence-corrected chi connectivity index (χ0v) is 19.4. The van der Waals surface area contributed by atoms with Gasteiger partial charge in [-0.1, -0.05) is 0 Å². The van der Waals surface area contributed by atoms with E-state index in [4.69, 9.17) is 10.6 Å². The summed E-state index contributed by atoms with van der Waals surface area (Å²) in [5.74, 6) is -0.491. The number of aromatic nitrogens is 4. The van der Waals surface area contributed by atoms with Gasteiger partial charge in [-0.3, -0.25) is 29.1 Å². The molecule has 0 aliphatic carbocycles. The number of anilines is 1. The number of carbonyl (C=O) groups excluding carboxylic acids is 1. The molecule has 0 spiro atoms. The van der Waals surface area contributed by atoms with E-state index in [-0.39, 0.29) is 36.1 Å². The van der Waals surface area contributed by atoms with Gasteiger partial charge in [0.05, 0.1) is 12.4 Å². The summed E-state index contributed by atoms with van der Waals surface area (Å²) in [7, 11) is -1.14. The van der Waals surface area contributed by atoms with E-state index in [1.807, 2.05) is 6.66 Å². The fourth-order valence-corrected chi connectivity index (χ4v) is 5.87. The third-order valence-corrected chi connectivity index (χ3v) is 7.05. The predicted molar refractivity (Wildman–Crippen MR) is 117 cm³/mol. The number of hydrogen-bond donors (Lipinski definition) is 2. The number of hydrogen-bond acceptors (Lipinski definition) is 7. The maximum atomic E-state index is 15.6. The number of H-pyrrole nitrogens is 1. The molecule has 0 aromatic carbocycles. The van der Waals surface area contributed by atoms with Gasteiger partial charge in [0.15, 0.2) is 23.6 Å². The van der Waals surface area contributed by atoms with Gasteiger partial charge in [-0.05, 0) is 41.3 Å². The topological polar surface area (TPSA) is 114 Å². The van der Waals surface area contributed by atoms with Crippen molar-refractivity contribution in [3.63, 3.8) is 0 Å². The van der Waals surface area contributed by atoms with E-state index >= 15 is 4.39 Å². The van der Waals surface area contributed by atoms with E-state index in [9.17, 15) is 9.59 Å². The van der Waals surface area contributed by atoms with Crippen LogP contribution in [0.25, 0.3) is 11.2 Å². The lowest BCUT2D eigenvalue weighted by atomic mass is 10.2. The standard InChI is InChI=1S/C19H30FN6O4P/c1-9(2)26(10(3)4)31(7)30-15-11(5)29-18(13(15)20)25-8-21-14-16(25)23-19(22-12(6)27)24-17(14)28/h8-11,13,15,18H,1-7H3,(H2,22,23,24,27,28)/t11-,13+,15?,18-,31?/m1/s1/i5D. The van der Waals surface area contributed by atoms with Crippen LogP contribution >= 0.6 is 8.30 Å². The molecule has 1 saturated heterocycles. The smallest absolute Gasteiger partial charge is 0.280 e. The maximum absolute atomic E-state index is 15.6. The van der Waals surface area contributed by atoms with Crippen LogP contribution in [0.15, 0.2) is 11.1 Å². The first-order chi connectivity index (χ1) is 15.0. The lowest BCUT2D eigenvalue weighted by molar-refractivity contribution is -0.114. The quantitative estimate of drug-likeness (QED) is 0.615. The summed E-state index contributed by atoms with van der Waals surface area (Å²) in [6, 6.07) is 0.412. The summed E-state index contributed by atoms with van der Waals surface area (Å²) in [6.07, 6.45) is -3.26. The SMILES string of the molecule is [2H]C[C@H]1O[C@@H](n2cnc3c(=O)[nH]c(NC(C)=O)nc32)[C@@H](F)C1OP(C)N(C(C)C)C(C)C. The molecule has 2 aromatic heterocycles. The van der Waals surface area contributed by atoms with Crippen LogP contribution < -0.4 is 10.9 Å². The largest absolute Gasteiger partial charge is 0.349 e. The summed E-state index contributed by atoms with van der Waals surface area (Å²) < 4.78 is 39.0. The molecule has 3 rings (SSSR count). The number of halogens is 1. The first kappa shape index (κ1) is 22.3. The first-order valence-electron chi connectivity index (χ1n) is 10.8. The predicted octanol–water partition coefficient (Wildman–Crippen LogP) is 2.78. The van der Waals surface area contributed by atoms with Crippen LogP contribution in [0.3, 0.4) is 0 Å². The second kappa shape index (κ2) is 9.28. The van der Waals surface area contributed by atoms with Gasteiger partial charge in [-0.25, -0.2) is 9.37 Å². The van der Waals surface area contributed by atoms with Crippen LogP contribution in [-0.2, 0) is 14.1 Å². The van der Waals surface area contributed by atoms with Gasteiger partial charge >= 0.3 is 0 Å². The molecule has 1 fully saturated rings. The molecular formula is C19H30FN6O4P. The minimum Gasteiger partial charge on any atom is -0.349 e. The van der Waals surface area contributed by atoms with E-state index in [2.05, 4.69) is 52.6 Å². The number of ether oxygens (including phenoxy) is 1. The van der Waals surface area contributed by atoms with E-state index in [1.54, 1.807) is 0 Å². The number of nitrogens with one attached hydrogen (secondary N) is 2. The molecule has 12 heteroatoms. The minimum absolute atomic E-state index is 0.00905. The number of nitrogens with zero attached hydrogens (tertiary/aromatic N) is 4. The van der Waals surface area contributed by atoms with Crippen molar-refractivity contribution in [1.82, 2.24) is 24.2 Å². The van der Waals surface area contributed by atoms with Crippen molar-refractivity contribution in [3.8, 4) is 0 Å². The Morgan fingerprint density at radius 3 is 2.71 bits per heavy atom. The van der Waals surface area contributed by atoms with Crippen molar-refractivity contribution < 1.29 is 19.8 Å². The monoisotopic (exact) mass is 457 g/mol. The summed E-state index contributed by atoms with van der Waals surface area (Å²) >= 11 is 0. The normalized spacial score (nSPS) is 25.5. The van der Waals surface area contributed by atoms with Crippen LogP contribution in [0.5, 0.6) is 0 Å². The third kappa shape index (κ3) is 4.79. The van der Waals surface area contributed by atoms with Crippen LogP contribution in [0.4, 0.5) is 10.3 Å². The van der Waals surface area contributed by atoms with Crippen LogP contribution in [0.1, 0.15) is 49.1 Å². The minimum atomic E-state index is -1.61. The molecular weight excluding hydrogens is 426 g/mol. The molecule has 5 atom stereocenters. The number of amides is 1. The molecule has 31 heavy (non-hydrogen) atoms. The van der Waals surface area contributed by atoms with Crippen molar-refractivity contribution in [1.29, 1.82) is 0 Å². The summed E-state index contributed by atoms with van der Waals surface area (Å²) in [6.45, 7) is 11.2. The Kier molecular flexibility index (Phi) is 6.66. The third-order valence-electron chi connectivity index (χ3n) is 4.93. The van der Waals surface area contributed by atoms with Crippen LogP contribution in [-0.4, -0.2) is 67.2 Å². The summed E-state index contributed by atoms with van der Waals surface area (Å²) in [5, 5.41) is 2.41. The number of fused-ring (bicyclic) bond motifs is 1. The fraction of sp³-hybridized carbons (Fsp3) is 0.684. The molecule has 2 aromatic rings. The Morgan fingerprint density at radius 2 is 2.13 bits per heavy atom. The Hall–Kier alpha value is -1.94. The van der Waals surface area contributed by atoms with Crippen molar-refractivity contribution in [2.75, 3.05) is 12.0 Å². The molecule has 3 heterocycles. The van der Waals surface area contributed by atoms with Gasteiger partial charge in [0, 0.05) is 20.4 Å². The van der Waals surface area contributed by atoms with E-state index in [0.717, 1.165) is 0 Å². The lowest BCUT2D eigenvalue weighted by Gasteiger charge is -2.37. The molecule has 1 aliphatic heterocycles. The number of aromatic amines is 1. The Bertz CT molecular complexity index is 1010. The molecule has 1 amide bonds. The molecule has 2 unspecified atom stereocenters. The molecule has 1 aliphatic rings. The highest BCUT2D eigenvalue weighted by atomic mass is 31.2. The maximum Gasteiger partial charge on any atom is 0.280 e.